The van der Waals surface area contributed by atoms with Gasteiger partial charge in [-0.2, -0.15) is 0 Å². The van der Waals surface area contributed by atoms with Crippen LogP contribution in [0.2, 0.25) is 5.02 Å². The van der Waals surface area contributed by atoms with E-state index in [0.29, 0.717) is 23.2 Å². The summed E-state index contributed by atoms with van der Waals surface area (Å²) in [5.74, 6) is 1.20. The Labute approximate surface area is 105 Å². The molecule has 0 amide bonds. The Balaban J connectivity index is 2.26. The van der Waals surface area contributed by atoms with E-state index >= 15 is 0 Å². The summed E-state index contributed by atoms with van der Waals surface area (Å²) in [5, 5.41) is 0.634. The first-order chi connectivity index (χ1) is 8.17. The molecule has 0 atom stereocenters. The number of benzene rings is 1. The highest BCUT2D eigenvalue weighted by molar-refractivity contribution is 6.30. The van der Waals surface area contributed by atoms with E-state index in [1.807, 2.05) is 31.2 Å². The van der Waals surface area contributed by atoms with Crippen molar-refractivity contribution in [2.24, 2.45) is 5.73 Å². The molecule has 0 bridgehead atoms. The number of halogens is 1. The normalized spacial score (nSPS) is 10.3. The van der Waals surface area contributed by atoms with Crippen molar-refractivity contribution in [1.29, 1.82) is 0 Å². The number of ether oxygens (including phenoxy) is 1. The molecule has 1 aromatic heterocycles. The average molecular weight is 249 g/mol. The summed E-state index contributed by atoms with van der Waals surface area (Å²) in [5.41, 5.74) is 7.48. The van der Waals surface area contributed by atoms with Crippen molar-refractivity contribution in [2.75, 3.05) is 0 Å². The largest absolute Gasteiger partial charge is 0.439 e. The van der Waals surface area contributed by atoms with Crippen LogP contribution in [0.25, 0.3) is 0 Å². The average Bonchev–Trinajstić information content (AvgIpc) is 2.28. The van der Waals surface area contributed by atoms with E-state index in [1.54, 1.807) is 12.1 Å². The highest BCUT2D eigenvalue weighted by Crippen LogP contribution is 2.23. The predicted octanol–water partition coefficient (Wildman–Crippen LogP) is 3.29. The minimum absolute atomic E-state index is 0.468. The molecule has 0 radical (unpaired) electrons. The van der Waals surface area contributed by atoms with Gasteiger partial charge in [0.1, 0.15) is 5.75 Å². The van der Waals surface area contributed by atoms with Crippen molar-refractivity contribution >= 4 is 11.6 Å². The summed E-state index contributed by atoms with van der Waals surface area (Å²) in [4.78, 5) is 4.29. The van der Waals surface area contributed by atoms with Gasteiger partial charge in [0.05, 0.1) is 0 Å². The van der Waals surface area contributed by atoms with Crippen molar-refractivity contribution < 1.29 is 4.74 Å². The van der Waals surface area contributed by atoms with Crippen molar-refractivity contribution in [3.63, 3.8) is 0 Å². The summed E-state index contributed by atoms with van der Waals surface area (Å²) < 4.78 is 5.63. The number of aromatic nitrogens is 1. The fourth-order valence-electron chi connectivity index (χ4n) is 1.53. The quantitative estimate of drug-likeness (QED) is 0.907. The minimum atomic E-state index is 0.468. The van der Waals surface area contributed by atoms with Crippen LogP contribution < -0.4 is 10.5 Å². The van der Waals surface area contributed by atoms with Crippen LogP contribution in [-0.4, -0.2) is 4.98 Å². The molecule has 0 saturated carbocycles. The van der Waals surface area contributed by atoms with Crippen LogP contribution in [0.1, 0.15) is 11.3 Å². The number of hydrogen-bond donors (Lipinski definition) is 1. The van der Waals surface area contributed by atoms with Crippen LogP contribution in [0.15, 0.2) is 36.4 Å². The lowest BCUT2D eigenvalue weighted by atomic mass is 10.2. The Morgan fingerprint density at radius 2 is 2.12 bits per heavy atom. The third-order valence-corrected chi connectivity index (χ3v) is 2.48. The molecule has 2 N–H and O–H groups in total. The maximum atomic E-state index is 5.88. The van der Waals surface area contributed by atoms with E-state index in [1.165, 1.54) is 0 Å². The van der Waals surface area contributed by atoms with Gasteiger partial charge in [-0.25, -0.2) is 4.98 Å². The van der Waals surface area contributed by atoms with Gasteiger partial charge in [0.15, 0.2) is 0 Å². The Kier molecular flexibility index (Phi) is 3.61. The van der Waals surface area contributed by atoms with Crippen molar-refractivity contribution in [3.05, 3.63) is 52.7 Å². The van der Waals surface area contributed by atoms with E-state index < -0.39 is 0 Å². The second-order valence-electron chi connectivity index (χ2n) is 3.72. The number of nitrogens with zero attached hydrogens (tertiary/aromatic N) is 1. The molecule has 17 heavy (non-hydrogen) atoms. The van der Waals surface area contributed by atoms with Crippen LogP contribution in [0.4, 0.5) is 0 Å². The lowest BCUT2D eigenvalue weighted by molar-refractivity contribution is 0.461. The highest BCUT2D eigenvalue weighted by Gasteiger charge is 2.02. The van der Waals surface area contributed by atoms with Crippen LogP contribution in [-0.2, 0) is 6.54 Å². The zero-order chi connectivity index (χ0) is 12.3. The lowest BCUT2D eigenvalue weighted by Crippen LogP contribution is -1.99. The summed E-state index contributed by atoms with van der Waals surface area (Å²) in [6, 6.07) is 11.0. The van der Waals surface area contributed by atoms with Gasteiger partial charge in [0, 0.05) is 23.3 Å². The third-order valence-electron chi connectivity index (χ3n) is 2.24. The molecule has 3 nitrogen and oxygen atoms in total. The molecular formula is C13H13ClN2O. The SMILES string of the molecule is Cc1cc(CN)cc(Oc2cccc(Cl)c2)n1. The van der Waals surface area contributed by atoms with E-state index in [4.69, 9.17) is 22.1 Å². The smallest absolute Gasteiger partial charge is 0.219 e. The van der Waals surface area contributed by atoms with Gasteiger partial charge in [0.2, 0.25) is 5.88 Å². The van der Waals surface area contributed by atoms with Crippen molar-refractivity contribution in [1.82, 2.24) is 4.98 Å². The maximum Gasteiger partial charge on any atom is 0.219 e. The second-order valence-corrected chi connectivity index (χ2v) is 4.16. The van der Waals surface area contributed by atoms with Crippen LogP contribution >= 0.6 is 11.6 Å². The van der Waals surface area contributed by atoms with Crippen LogP contribution in [0.5, 0.6) is 11.6 Å². The molecule has 0 saturated heterocycles. The molecule has 1 heterocycles. The maximum absolute atomic E-state index is 5.88. The molecule has 0 spiro atoms. The monoisotopic (exact) mass is 248 g/mol. The first-order valence-corrected chi connectivity index (χ1v) is 5.66. The molecule has 2 aromatic rings. The lowest BCUT2D eigenvalue weighted by Gasteiger charge is -2.07. The minimum Gasteiger partial charge on any atom is -0.439 e. The molecule has 0 unspecified atom stereocenters. The zero-order valence-corrected chi connectivity index (χ0v) is 10.2. The molecule has 0 aliphatic heterocycles. The number of nitrogens with two attached hydrogens (primary N) is 1. The molecule has 2 rings (SSSR count). The molecule has 0 aliphatic rings. The van der Waals surface area contributed by atoms with E-state index in [2.05, 4.69) is 4.98 Å². The number of hydrogen-bond acceptors (Lipinski definition) is 3. The molecule has 1 aromatic carbocycles. The van der Waals surface area contributed by atoms with Gasteiger partial charge in [-0.05, 0) is 36.8 Å². The first-order valence-electron chi connectivity index (χ1n) is 5.28. The zero-order valence-electron chi connectivity index (χ0n) is 9.48. The van der Waals surface area contributed by atoms with Gasteiger partial charge in [0.25, 0.3) is 0 Å². The van der Waals surface area contributed by atoms with Crippen LogP contribution in [0, 0.1) is 6.92 Å². The summed E-state index contributed by atoms with van der Waals surface area (Å²) >= 11 is 5.88. The number of rotatable bonds is 3. The number of pyridine rings is 1. The van der Waals surface area contributed by atoms with Gasteiger partial charge < -0.3 is 10.5 Å². The molecule has 4 heteroatoms. The fraction of sp³-hybridized carbons (Fsp3) is 0.154. The third kappa shape index (κ3) is 3.19. The van der Waals surface area contributed by atoms with Crippen LogP contribution in [0.3, 0.4) is 0 Å². The van der Waals surface area contributed by atoms with E-state index in [-0.39, 0.29) is 0 Å². The molecule has 0 aliphatic carbocycles. The molecule has 0 fully saturated rings. The van der Waals surface area contributed by atoms with Gasteiger partial charge in [-0.1, -0.05) is 17.7 Å². The molecule has 88 valence electrons. The molecular weight excluding hydrogens is 236 g/mol. The standard InChI is InChI=1S/C13H13ClN2O/c1-9-5-10(8-15)6-13(16-9)17-12-4-2-3-11(14)7-12/h2-7H,8,15H2,1H3. The van der Waals surface area contributed by atoms with Crippen molar-refractivity contribution in [2.45, 2.75) is 13.5 Å². The van der Waals surface area contributed by atoms with E-state index in [0.717, 1.165) is 11.3 Å². The Morgan fingerprint density at radius 1 is 1.29 bits per heavy atom. The predicted molar refractivity (Wildman–Crippen MR) is 68.4 cm³/mol. The van der Waals surface area contributed by atoms with Crippen molar-refractivity contribution in [3.8, 4) is 11.6 Å². The highest BCUT2D eigenvalue weighted by atomic mass is 35.5. The summed E-state index contributed by atoms with van der Waals surface area (Å²) in [6.45, 7) is 2.37. The summed E-state index contributed by atoms with van der Waals surface area (Å²) in [6.07, 6.45) is 0. The van der Waals surface area contributed by atoms with Gasteiger partial charge >= 0.3 is 0 Å². The Hall–Kier alpha value is -1.58. The van der Waals surface area contributed by atoms with Gasteiger partial charge in [-0.3, -0.25) is 0 Å². The Morgan fingerprint density at radius 3 is 2.82 bits per heavy atom. The van der Waals surface area contributed by atoms with E-state index in [9.17, 15) is 0 Å². The summed E-state index contributed by atoms with van der Waals surface area (Å²) in [7, 11) is 0. The fourth-order valence-corrected chi connectivity index (χ4v) is 1.71. The second kappa shape index (κ2) is 5.17. The Bertz CT molecular complexity index is 529. The van der Waals surface area contributed by atoms with Gasteiger partial charge in [-0.15, -0.1) is 0 Å². The topological polar surface area (TPSA) is 48.1 Å². The number of aryl methyl sites for hydroxylation is 1. The first kappa shape index (κ1) is 11.9.